The minimum absolute atomic E-state index is 0.152. The van der Waals surface area contributed by atoms with Gasteiger partial charge in [-0.3, -0.25) is 0 Å². The van der Waals surface area contributed by atoms with Crippen molar-refractivity contribution < 1.29 is 5.11 Å². The van der Waals surface area contributed by atoms with E-state index in [9.17, 15) is 0 Å². The molecule has 0 atom stereocenters. The van der Waals surface area contributed by atoms with E-state index >= 15 is 0 Å². The van der Waals surface area contributed by atoms with Gasteiger partial charge < -0.3 is 15.7 Å². The van der Waals surface area contributed by atoms with Crippen LogP contribution in [0.5, 0.6) is 0 Å². The largest absolute Gasteiger partial charge is 0.395 e. The highest BCUT2D eigenvalue weighted by molar-refractivity contribution is 5.49. The Kier molecular flexibility index (Phi) is 2.63. The summed E-state index contributed by atoms with van der Waals surface area (Å²) >= 11 is 0. The summed E-state index contributed by atoms with van der Waals surface area (Å²) in [7, 11) is 0. The van der Waals surface area contributed by atoms with Gasteiger partial charge in [0.15, 0.2) is 0 Å². The van der Waals surface area contributed by atoms with Gasteiger partial charge in [0.2, 0.25) is 0 Å². The molecule has 2 fully saturated rings. The molecule has 1 aromatic rings. The third-order valence-corrected chi connectivity index (χ3v) is 3.32. The van der Waals surface area contributed by atoms with E-state index in [1.807, 2.05) is 6.07 Å². The molecule has 1 heterocycles. The summed E-state index contributed by atoms with van der Waals surface area (Å²) in [5.74, 6) is 2.81. The van der Waals surface area contributed by atoms with Crippen LogP contribution in [0, 0.1) is 0 Å². The summed E-state index contributed by atoms with van der Waals surface area (Å²) in [6, 6.07) is 2.35. The van der Waals surface area contributed by atoms with Crippen LogP contribution in [-0.4, -0.2) is 34.3 Å². The van der Waals surface area contributed by atoms with Crippen LogP contribution in [0.25, 0.3) is 0 Å². The second-order valence-electron chi connectivity index (χ2n) is 4.93. The van der Waals surface area contributed by atoms with E-state index in [1.54, 1.807) is 0 Å². The van der Waals surface area contributed by atoms with Gasteiger partial charge in [0.1, 0.15) is 17.5 Å². The van der Waals surface area contributed by atoms with Crippen LogP contribution in [0.4, 0.5) is 11.6 Å². The molecule has 5 heteroatoms. The van der Waals surface area contributed by atoms with Gasteiger partial charge in [-0.2, -0.15) is 0 Å². The Labute approximate surface area is 101 Å². The van der Waals surface area contributed by atoms with Gasteiger partial charge in [-0.05, 0) is 25.7 Å². The zero-order valence-corrected chi connectivity index (χ0v) is 9.84. The molecule has 2 aliphatic rings. The van der Waals surface area contributed by atoms with Gasteiger partial charge in [-0.25, -0.2) is 9.97 Å². The van der Waals surface area contributed by atoms with Crippen molar-refractivity contribution in [1.82, 2.24) is 9.97 Å². The number of anilines is 2. The number of nitrogens with zero attached hydrogens (tertiary/aromatic N) is 3. The lowest BCUT2D eigenvalue weighted by Gasteiger charge is -2.23. The quantitative estimate of drug-likeness (QED) is 0.791. The number of nitrogen functional groups attached to an aromatic ring is 1. The highest BCUT2D eigenvalue weighted by Gasteiger charge is 2.32. The predicted octanol–water partition coefficient (Wildman–Crippen LogP) is 0.897. The van der Waals surface area contributed by atoms with Crippen molar-refractivity contribution >= 4 is 11.6 Å². The maximum absolute atomic E-state index is 9.12. The van der Waals surface area contributed by atoms with Gasteiger partial charge in [0.05, 0.1) is 6.61 Å². The molecule has 17 heavy (non-hydrogen) atoms. The van der Waals surface area contributed by atoms with E-state index in [-0.39, 0.29) is 6.61 Å². The minimum atomic E-state index is 0.152. The van der Waals surface area contributed by atoms with Gasteiger partial charge in [0, 0.05) is 24.6 Å². The van der Waals surface area contributed by atoms with E-state index in [4.69, 9.17) is 10.8 Å². The van der Waals surface area contributed by atoms with Crippen LogP contribution in [0.2, 0.25) is 0 Å². The number of hydrogen-bond donors (Lipinski definition) is 2. The first kappa shape index (κ1) is 10.8. The summed E-state index contributed by atoms with van der Waals surface area (Å²) in [5.41, 5.74) is 5.84. The SMILES string of the molecule is Nc1cc(N(CCO)C2CC2)nc(C2CC2)n1. The normalized spacial score (nSPS) is 19.4. The number of aliphatic hydroxyl groups is 1. The topological polar surface area (TPSA) is 75.3 Å². The minimum Gasteiger partial charge on any atom is -0.395 e. The van der Waals surface area contributed by atoms with Gasteiger partial charge in [0.25, 0.3) is 0 Å². The van der Waals surface area contributed by atoms with Gasteiger partial charge >= 0.3 is 0 Å². The smallest absolute Gasteiger partial charge is 0.136 e. The average Bonchev–Trinajstić information content (AvgIpc) is 3.18. The summed E-state index contributed by atoms with van der Waals surface area (Å²) < 4.78 is 0. The second-order valence-corrected chi connectivity index (χ2v) is 4.93. The van der Waals surface area contributed by atoms with E-state index in [0.717, 1.165) is 11.6 Å². The van der Waals surface area contributed by atoms with Crippen molar-refractivity contribution in [2.24, 2.45) is 0 Å². The van der Waals surface area contributed by atoms with Crippen molar-refractivity contribution in [1.29, 1.82) is 0 Å². The second kappa shape index (κ2) is 4.14. The summed E-state index contributed by atoms with van der Waals surface area (Å²) in [4.78, 5) is 11.1. The molecule has 0 aromatic carbocycles. The third kappa shape index (κ3) is 2.34. The maximum Gasteiger partial charge on any atom is 0.136 e. The first-order valence-electron chi connectivity index (χ1n) is 6.30. The maximum atomic E-state index is 9.12. The number of nitrogens with two attached hydrogens (primary N) is 1. The van der Waals surface area contributed by atoms with Crippen LogP contribution in [-0.2, 0) is 0 Å². The highest BCUT2D eigenvalue weighted by atomic mass is 16.3. The van der Waals surface area contributed by atoms with E-state index in [1.165, 1.54) is 25.7 Å². The monoisotopic (exact) mass is 234 g/mol. The molecule has 92 valence electrons. The predicted molar refractivity (Wildman–Crippen MR) is 65.9 cm³/mol. The highest BCUT2D eigenvalue weighted by Crippen LogP contribution is 2.39. The zero-order chi connectivity index (χ0) is 11.8. The molecule has 0 bridgehead atoms. The van der Waals surface area contributed by atoms with Crippen LogP contribution in [0.15, 0.2) is 6.07 Å². The third-order valence-electron chi connectivity index (χ3n) is 3.32. The molecular weight excluding hydrogens is 216 g/mol. The van der Waals surface area contributed by atoms with Crippen molar-refractivity contribution in [3.05, 3.63) is 11.9 Å². The Balaban J connectivity index is 1.88. The fourth-order valence-electron chi connectivity index (χ4n) is 2.12. The molecule has 1 aromatic heterocycles. The molecule has 0 spiro atoms. The molecule has 3 rings (SSSR count). The molecule has 2 aliphatic carbocycles. The van der Waals surface area contributed by atoms with E-state index in [0.29, 0.717) is 24.3 Å². The van der Waals surface area contributed by atoms with Crippen LogP contribution < -0.4 is 10.6 Å². The zero-order valence-electron chi connectivity index (χ0n) is 9.84. The van der Waals surface area contributed by atoms with Crippen LogP contribution in [0.1, 0.15) is 37.4 Å². The number of aromatic nitrogens is 2. The standard InChI is InChI=1S/C12H18N4O/c13-10-7-11(15-12(14-10)8-1-2-8)16(5-6-17)9-3-4-9/h7-9,17H,1-6H2,(H2,13,14,15). The molecule has 3 N–H and O–H groups in total. The van der Waals surface area contributed by atoms with Crippen molar-refractivity contribution in [3.63, 3.8) is 0 Å². The molecular formula is C12H18N4O. The first-order chi connectivity index (χ1) is 8.28. The molecule has 0 aliphatic heterocycles. The van der Waals surface area contributed by atoms with Crippen LogP contribution >= 0.6 is 0 Å². The van der Waals surface area contributed by atoms with Crippen molar-refractivity contribution in [3.8, 4) is 0 Å². The lowest BCUT2D eigenvalue weighted by atomic mass is 10.3. The Morgan fingerprint density at radius 2 is 2.06 bits per heavy atom. The summed E-state index contributed by atoms with van der Waals surface area (Å²) in [6.07, 6.45) is 4.71. The van der Waals surface area contributed by atoms with Gasteiger partial charge in [-0.15, -0.1) is 0 Å². The lowest BCUT2D eigenvalue weighted by Crippen LogP contribution is -2.30. The molecule has 2 saturated carbocycles. The van der Waals surface area contributed by atoms with Gasteiger partial charge in [-0.1, -0.05) is 0 Å². The average molecular weight is 234 g/mol. The number of hydrogen-bond acceptors (Lipinski definition) is 5. The van der Waals surface area contributed by atoms with Crippen molar-refractivity contribution in [2.75, 3.05) is 23.8 Å². The number of rotatable bonds is 5. The molecule has 0 saturated heterocycles. The van der Waals surface area contributed by atoms with E-state index < -0.39 is 0 Å². The summed E-state index contributed by atoms with van der Waals surface area (Å²) in [6.45, 7) is 0.782. The molecule has 0 radical (unpaired) electrons. The van der Waals surface area contributed by atoms with E-state index in [2.05, 4.69) is 14.9 Å². The Morgan fingerprint density at radius 3 is 2.65 bits per heavy atom. The van der Waals surface area contributed by atoms with Crippen molar-refractivity contribution in [2.45, 2.75) is 37.6 Å². The first-order valence-corrected chi connectivity index (χ1v) is 6.30. The fourth-order valence-corrected chi connectivity index (χ4v) is 2.12. The van der Waals surface area contributed by atoms with Crippen LogP contribution in [0.3, 0.4) is 0 Å². The number of aliphatic hydroxyl groups excluding tert-OH is 1. The lowest BCUT2D eigenvalue weighted by molar-refractivity contribution is 0.301. The Hall–Kier alpha value is -1.36. The fraction of sp³-hybridized carbons (Fsp3) is 0.667. The Morgan fingerprint density at radius 1 is 1.29 bits per heavy atom. The molecule has 0 unspecified atom stereocenters. The Bertz CT molecular complexity index is 415. The molecule has 0 amide bonds. The summed E-state index contributed by atoms with van der Waals surface area (Å²) in [5, 5.41) is 9.12. The molecule has 5 nitrogen and oxygen atoms in total.